The van der Waals surface area contributed by atoms with Crippen LogP contribution in [-0.4, -0.2) is 48.3 Å². The normalized spacial score (nSPS) is 20.8. The quantitative estimate of drug-likeness (QED) is 0.901. The van der Waals surface area contributed by atoms with E-state index in [0.29, 0.717) is 24.0 Å². The fourth-order valence-electron chi connectivity index (χ4n) is 2.12. The van der Waals surface area contributed by atoms with E-state index in [9.17, 15) is 8.42 Å². The molecule has 112 valence electrons. The molecule has 1 N–H and O–H groups in total. The molecule has 0 bridgehead atoms. The number of sulfonamides is 1. The largest absolute Gasteiger partial charge is 0.383 e. The summed E-state index contributed by atoms with van der Waals surface area (Å²) in [7, 11) is -3.51. The van der Waals surface area contributed by atoms with Gasteiger partial charge in [0.1, 0.15) is 0 Å². The molecule has 0 spiro atoms. The Morgan fingerprint density at radius 1 is 1.55 bits per heavy atom. The summed E-state index contributed by atoms with van der Waals surface area (Å²) in [5, 5.41) is 3.62. The van der Waals surface area contributed by atoms with Crippen LogP contribution >= 0.6 is 11.8 Å². The molecule has 0 aliphatic carbocycles. The maximum atomic E-state index is 12.7. The van der Waals surface area contributed by atoms with Crippen LogP contribution in [0.1, 0.15) is 20.3 Å². The first kappa shape index (κ1) is 15.6. The summed E-state index contributed by atoms with van der Waals surface area (Å²) in [6.07, 6.45) is 2.47. The molecule has 1 unspecified atom stereocenters. The lowest BCUT2D eigenvalue weighted by atomic mass is 10.4. The summed E-state index contributed by atoms with van der Waals surface area (Å²) >= 11 is 1.81. The van der Waals surface area contributed by atoms with Crippen LogP contribution in [0.3, 0.4) is 0 Å². The van der Waals surface area contributed by atoms with Crippen LogP contribution in [0, 0.1) is 0 Å². The number of pyridine rings is 1. The van der Waals surface area contributed by atoms with Gasteiger partial charge in [0.2, 0.25) is 0 Å². The predicted molar refractivity (Wildman–Crippen MR) is 83.7 cm³/mol. The van der Waals surface area contributed by atoms with Crippen molar-refractivity contribution in [2.45, 2.75) is 30.5 Å². The van der Waals surface area contributed by atoms with Gasteiger partial charge in [0.15, 0.2) is 5.03 Å². The highest BCUT2D eigenvalue weighted by Gasteiger charge is 2.31. The fraction of sp³-hybridized carbons (Fsp3) is 0.615. The summed E-state index contributed by atoms with van der Waals surface area (Å²) in [6, 6.07) is 3.53. The van der Waals surface area contributed by atoms with Crippen LogP contribution in [0.25, 0.3) is 0 Å². The van der Waals surface area contributed by atoms with E-state index in [1.165, 1.54) is 6.20 Å². The number of rotatable bonds is 5. The molecule has 1 saturated heterocycles. The van der Waals surface area contributed by atoms with Gasteiger partial charge in [-0.3, -0.25) is 0 Å². The van der Waals surface area contributed by atoms with Gasteiger partial charge in [0, 0.05) is 36.8 Å². The van der Waals surface area contributed by atoms with Gasteiger partial charge in [-0.1, -0.05) is 13.8 Å². The highest BCUT2D eigenvalue weighted by Crippen LogP contribution is 2.26. The summed E-state index contributed by atoms with van der Waals surface area (Å²) in [5.74, 6) is 0.838. The Kier molecular flexibility index (Phi) is 5.29. The Morgan fingerprint density at radius 2 is 2.35 bits per heavy atom. The lowest BCUT2D eigenvalue weighted by Gasteiger charge is -2.29. The third-order valence-electron chi connectivity index (χ3n) is 3.12. The van der Waals surface area contributed by atoms with Crippen LogP contribution in [0.2, 0.25) is 0 Å². The van der Waals surface area contributed by atoms with Crippen molar-refractivity contribution in [3.63, 3.8) is 0 Å². The second-order valence-electron chi connectivity index (χ2n) is 4.83. The lowest BCUT2D eigenvalue weighted by molar-refractivity contribution is 0.422. The van der Waals surface area contributed by atoms with Crippen molar-refractivity contribution in [3.8, 4) is 0 Å². The number of aromatic nitrogens is 1. The molecule has 1 aliphatic rings. The molecule has 1 aromatic heterocycles. The molecule has 0 amide bonds. The minimum Gasteiger partial charge on any atom is -0.383 e. The van der Waals surface area contributed by atoms with Gasteiger partial charge in [0.25, 0.3) is 10.0 Å². The minimum atomic E-state index is -3.51. The molecule has 1 atom stereocenters. The van der Waals surface area contributed by atoms with Crippen molar-refractivity contribution in [2.75, 3.05) is 30.7 Å². The van der Waals surface area contributed by atoms with Crippen molar-refractivity contribution in [1.82, 2.24) is 9.29 Å². The minimum absolute atomic E-state index is 0.146. The number of hydrogen-bond acceptors (Lipinski definition) is 5. The first-order valence-electron chi connectivity index (χ1n) is 6.86. The number of nitrogens with one attached hydrogen (secondary N) is 1. The van der Waals surface area contributed by atoms with Crippen molar-refractivity contribution < 1.29 is 8.42 Å². The fourth-order valence-corrected chi connectivity index (χ4v) is 4.95. The monoisotopic (exact) mass is 315 g/mol. The predicted octanol–water partition coefficient (Wildman–Crippen LogP) is 2.03. The Morgan fingerprint density at radius 3 is 3.05 bits per heavy atom. The van der Waals surface area contributed by atoms with E-state index in [2.05, 4.69) is 17.2 Å². The smallest absolute Gasteiger partial charge is 0.262 e. The molecule has 2 rings (SSSR count). The Balaban J connectivity index is 2.29. The van der Waals surface area contributed by atoms with E-state index >= 15 is 0 Å². The average molecular weight is 315 g/mol. The zero-order chi connectivity index (χ0) is 14.6. The molecule has 1 aliphatic heterocycles. The van der Waals surface area contributed by atoms with Crippen LogP contribution < -0.4 is 5.32 Å². The number of hydrogen-bond donors (Lipinski definition) is 1. The third-order valence-corrected chi connectivity index (χ3v) is 6.09. The van der Waals surface area contributed by atoms with Gasteiger partial charge < -0.3 is 5.32 Å². The number of nitrogens with zero attached hydrogens (tertiary/aromatic N) is 2. The SMILES string of the molecule is CCCNc1cccnc1S(=O)(=O)N1CCSC(C)C1. The Hall–Kier alpha value is -0.790. The second-order valence-corrected chi connectivity index (χ2v) is 8.23. The molecule has 1 aromatic rings. The second kappa shape index (κ2) is 6.78. The molecular weight excluding hydrogens is 294 g/mol. The maximum Gasteiger partial charge on any atom is 0.262 e. The molecule has 2 heterocycles. The highest BCUT2D eigenvalue weighted by atomic mass is 32.2. The third kappa shape index (κ3) is 3.45. The van der Waals surface area contributed by atoms with E-state index in [4.69, 9.17) is 0 Å². The van der Waals surface area contributed by atoms with Gasteiger partial charge in [-0.25, -0.2) is 13.4 Å². The molecule has 0 saturated carbocycles. The van der Waals surface area contributed by atoms with Crippen molar-refractivity contribution in [1.29, 1.82) is 0 Å². The van der Waals surface area contributed by atoms with Crippen LogP contribution in [0.5, 0.6) is 0 Å². The zero-order valence-electron chi connectivity index (χ0n) is 11.9. The Labute approximate surface area is 125 Å². The van der Waals surface area contributed by atoms with Gasteiger partial charge in [0.05, 0.1) is 5.69 Å². The summed E-state index contributed by atoms with van der Waals surface area (Å²) in [6.45, 7) is 5.94. The molecule has 5 nitrogen and oxygen atoms in total. The summed E-state index contributed by atoms with van der Waals surface area (Å²) in [5.41, 5.74) is 0.597. The van der Waals surface area contributed by atoms with Gasteiger partial charge in [-0.15, -0.1) is 0 Å². The van der Waals surface area contributed by atoms with Crippen LogP contribution in [0.4, 0.5) is 5.69 Å². The van der Waals surface area contributed by atoms with Crippen LogP contribution in [-0.2, 0) is 10.0 Å². The highest BCUT2D eigenvalue weighted by molar-refractivity contribution is 8.00. The molecule has 20 heavy (non-hydrogen) atoms. The maximum absolute atomic E-state index is 12.7. The zero-order valence-corrected chi connectivity index (χ0v) is 13.5. The van der Waals surface area contributed by atoms with Crippen molar-refractivity contribution in [3.05, 3.63) is 18.3 Å². The van der Waals surface area contributed by atoms with E-state index in [0.717, 1.165) is 18.7 Å². The van der Waals surface area contributed by atoms with E-state index in [-0.39, 0.29) is 5.03 Å². The molecule has 0 aromatic carbocycles. The summed E-state index contributed by atoms with van der Waals surface area (Å²) in [4.78, 5) is 4.10. The average Bonchev–Trinajstić information content (AvgIpc) is 2.45. The first-order valence-corrected chi connectivity index (χ1v) is 9.35. The van der Waals surface area contributed by atoms with Crippen molar-refractivity contribution in [2.24, 2.45) is 0 Å². The first-order chi connectivity index (χ1) is 9.55. The topological polar surface area (TPSA) is 62.3 Å². The van der Waals surface area contributed by atoms with Gasteiger partial charge in [-0.2, -0.15) is 16.1 Å². The van der Waals surface area contributed by atoms with E-state index in [1.807, 2.05) is 18.7 Å². The molecular formula is C13H21N3O2S2. The lowest BCUT2D eigenvalue weighted by Crippen LogP contribution is -2.41. The summed E-state index contributed by atoms with van der Waals surface area (Å²) < 4.78 is 27.0. The van der Waals surface area contributed by atoms with Crippen molar-refractivity contribution >= 4 is 27.5 Å². The Bertz CT molecular complexity index is 548. The standard InChI is InChI=1S/C13H21N3O2S2/c1-3-6-14-12-5-4-7-15-13(12)20(17,18)16-8-9-19-11(2)10-16/h4-5,7,11,14H,3,6,8-10H2,1-2H3. The van der Waals surface area contributed by atoms with Gasteiger partial charge >= 0.3 is 0 Å². The van der Waals surface area contributed by atoms with E-state index < -0.39 is 10.0 Å². The van der Waals surface area contributed by atoms with Gasteiger partial charge in [-0.05, 0) is 18.6 Å². The molecule has 1 fully saturated rings. The number of thioether (sulfide) groups is 1. The molecule has 7 heteroatoms. The van der Waals surface area contributed by atoms with Crippen LogP contribution in [0.15, 0.2) is 23.4 Å². The van der Waals surface area contributed by atoms with E-state index in [1.54, 1.807) is 16.4 Å². The number of anilines is 1. The molecule has 0 radical (unpaired) electrons.